The van der Waals surface area contributed by atoms with Crippen molar-refractivity contribution in [3.8, 4) is 0 Å². The minimum atomic E-state index is -0.594. The van der Waals surface area contributed by atoms with Gasteiger partial charge < -0.3 is 21.9 Å². The van der Waals surface area contributed by atoms with Crippen molar-refractivity contribution in [2.45, 2.75) is 45.3 Å². The van der Waals surface area contributed by atoms with Gasteiger partial charge in [-0.3, -0.25) is 9.79 Å². The van der Waals surface area contributed by atoms with E-state index in [9.17, 15) is 4.79 Å². The molecule has 16 heavy (non-hydrogen) atoms. The molecule has 0 rings (SSSR count). The molecule has 0 aliphatic heterocycles. The number of carbonyl (C=O) groups excluding carboxylic acids is 1. The first kappa shape index (κ1) is 14.7. The fourth-order valence-electron chi connectivity index (χ4n) is 1.01. The van der Waals surface area contributed by atoms with Crippen LogP contribution in [0, 0.1) is 0 Å². The molecule has 0 amide bonds. The fraction of sp³-hybridized carbons (Fsp3) is 0.800. The fourth-order valence-corrected chi connectivity index (χ4v) is 1.01. The zero-order chi connectivity index (χ0) is 12.6. The number of ether oxygens (including phenoxy) is 1. The molecule has 0 saturated heterocycles. The van der Waals surface area contributed by atoms with Gasteiger partial charge in [0.05, 0.1) is 6.10 Å². The second kappa shape index (κ2) is 7.92. The van der Waals surface area contributed by atoms with Crippen LogP contribution in [0.1, 0.15) is 33.1 Å². The van der Waals surface area contributed by atoms with Crippen LogP contribution >= 0.6 is 0 Å². The predicted molar refractivity (Wildman–Crippen MR) is 63.7 cm³/mol. The molecule has 0 aliphatic carbocycles. The van der Waals surface area contributed by atoms with Crippen molar-refractivity contribution in [2.24, 2.45) is 22.2 Å². The van der Waals surface area contributed by atoms with E-state index >= 15 is 0 Å². The molecule has 0 spiro atoms. The predicted octanol–water partition coefficient (Wildman–Crippen LogP) is -0.291. The second-order valence-electron chi connectivity index (χ2n) is 3.71. The Morgan fingerprint density at radius 3 is 2.56 bits per heavy atom. The summed E-state index contributed by atoms with van der Waals surface area (Å²) in [6, 6.07) is -0.594. The first-order valence-corrected chi connectivity index (χ1v) is 5.48. The number of nitrogens with two attached hydrogens (primary N) is 3. The van der Waals surface area contributed by atoms with Crippen LogP contribution in [-0.4, -0.2) is 30.6 Å². The van der Waals surface area contributed by atoms with Gasteiger partial charge in [-0.05, 0) is 26.2 Å². The van der Waals surface area contributed by atoms with E-state index in [1.54, 1.807) is 0 Å². The van der Waals surface area contributed by atoms with Crippen molar-refractivity contribution in [3.05, 3.63) is 0 Å². The minimum absolute atomic E-state index is 0.0516. The molecule has 0 aromatic carbocycles. The van der Waals surface area contributed by atoms with Gasteiger partial charge in [-0.1, -0.05) is 6.92 Å². The van der Waals surface area contributed by atoms with Crippen molar-refractivity contribution >= 4 is 11.9 Å². The SMILES string of the molecule is CCC(C)OC(=O)[C@@H](N)CCCN=C(N)N. The molecular weight excluding hydrogens is 208 g/mol. The molecule has 0 aromatic rings. The zero-order valence-corrected chi connectivity index (χ0v) is 9.98. The van der Waals surface area contributed by atoms with Crippen LogP contribution in [0.4, 0.5) is 0 Å². The Morgan fingerprint density at radius 2 is 2.06 bits per heavy atom. The van der Waals surface area contributed by atoms with Crippen molar-refractivity contribution in [1.29, 1.82) is 0 Å². The number of carbonyl (C=O) groups is 1. The van der Waals surface area contributed by atoms with Gasteiger partial charge in [-0.25, -0.2) is 0 Å². The van der Waals surface area contributed by atoms with Gasteiger partial charge in [0.25, 0.3) is 0 Å². The molecular formula is C10H22N4O2. The Bertz CT molecular complexity index is 239. The molecule has 94 valence electrons. The third-order valence-electron chi connectivity index (χ3n) is 2.16. The van der Waals surface area contributed by atoms with Crippen LogP contribution in [0.5, 0.6) is 0 Å². The number of nitrogens with zero attached hydrogens (tertiary/aromatic N) is 1. The van der Waals surface area contributed by atoms with Crippen molar-refractivity contribution in [2.75, 3.05) is 6.54 Å². The molecule has 2 atom stereocenters. The maximum absolute atomic E-state index is 11.4. The number of hydrogen-bond donors (Lipinski definition) is 3. The Kier molecular flexibility index (Phi) is 7.28. The van der Waals surface area contributed by atoms with Crippen LogP contribution in [-0.2, 0) is 9.53 Å². The second-order valence-corrected chi connectivity index (χ2v) is 3.71. The lowest BCUT2D eigenvalue weighted by molar-refractivity contribution is -0.150. The average molecular weight is 230 g/mol. The first-order chi connectivity index (χ1) is 7.47. The minimum Gasteiger partial charge on any atom is -0.462 e. The molecule has 0 radical (unpaired) electrons. The molecule has 6 heteroatoms. The Morgan fingerprint density at radius 1 is 1.44 bits per heavy atom. The summed E-state index contributed by atoms with van der Waals surface area (Å²) in [6.45, 7) is 4.26. The maximum atomic E-state index is 11.4. The van der Waals surface area contributed by atoms with Crippen LogP contribution < -0.4 is 17.2 Å². The molecule has 0 saturated carbocycles. The van der Waals surface area contributed by atoms with Crippen LogP contribution in [0.3, 0.4) is 0 Å². The van der Waals surface area contributed by atoms with E-state index in [0.717, 1.165) is 6.42 Å². The van der Waals surface area contributed by atoms with Gasteiger partial charge in [0.1, 0.15) is 6.04 Å². The van der Waals surface area contributed by atoms with E-state index in [1.165, 1.54) is 0 Å². The standard InChI is InChI=1S/C10H22N4O2/c1-3-7(2)16-9(15)8(11)5-4-6-14-10(12)13/h7-8H,3-6,11H2,1-2H3,(H4,12,13,14)/t7?,8-/m0/s1. The Hall–Kier alpha value is -1.30. The lowest BCUT2D eigenvalue weighted by Gasteiger charge is -2.14. The lowest BCUT2D eigenvalue weighted by atomic mass is 10.1. The van der Waals surface area contributed by atoms with Gasteiger partial charge in [0.2, 0.25) is 0 Å². The summed E-state index contributed by atoms with van der Waals surface area (Å²) in [7, 11) is 0. The van der Waals surface area contributed by atoms with E-state index in [2.05, 4.69) is 4.99 Å². The summed E-state index contributed by atoms with van der Waals surface area (Å²) in [5.74, 6) is -0.310. The quantitative estimate of drug-likeness (QED) is 0.240. The number of esters is 1. The molecule has 6 N–H and O–H groups in total. The molecule has 0 bridgehead atoms. The van der Waals surface area contributed by atoms with E-state index in [1.807, 2.05) is 13.8 Å². The van der Waals surface area contributed by atoms with E-state index in [0.29, 0.717) is 19.4 Å². The molecule has 0 aliphatic rings. The maximum Gasteiger partial charge on any atom is 0.323 e. The normalized spacial score (nSPS) is 13.9. The number of guanidine groups is 1. The van der Waals surface area contributed by atoms with Crippen LogP contribution in [0.15, 0.2) is 4.99 Å². The number of aliphatic imine (C=N–C) groups is 1. The van der Waals surface area contributed by atoms with Gasteiger partial charge in [0, 0.05) is 6.54 Å². The smallest absolute Gasteiger partial charge is 0.323 e. The number of hydrogen-bond acceptors (Lipinski definition) is 4. The van der Waals surface area contributed by atoms with E-state index in [-0.39, 0.29) is 18.0 Å². The summed E-state index contributed by atoms with van der Waals surface area (Å²) in [5, 5.41) is 0. The molecule has 6 nitrogen and oxygen atoms in total. The molecule has 0 aromatic heterocycles. The van der Waals surface area contributed by atoms with E-state index in [4.69, 9.17) is 21.9 Å². The summed E-state index contributed by atoms with van der Waals surface area (Å²) in [5.41, 5.74) is 16.0. The van der Waals surface area contributed by atoms with E-state index < -0.39 is 6.04 Å². The van der Waals surface area contributed by atoms with Crippen molar-refractivity contribution in [1.82, 2.24) is 0 Å². The van der Waals surface area contributed by atoms with Crippen LogP contribution in [0.25, 0.3) is 0 Å². The van der Waals surface area contributed by atoms with Gasteiger partial charge in [-0.2, -0.15) is 0 Å². The zero-order valence-electron chi connectivity index (χ0n) is 9.98. The van der Waals surface area contributed by atoms with Crippen LogP contribution in [0.2, 0.25) is 0 Å². The lowest BCUT2D eigenvalue weighted by Crippen LogP contribution is -2.34. The highest BCUT2D eigenvalue weighted by Crippen LogP contribution is 2.02. The Balaban J connectivity index is 3.75. The van der Waals surface area contributed by atoms with Gasteiger partial charge >= 0.3 is 5.97 Å². The average Bonchev–Trinajstić information content (AvgIpc) is 2.23. The largest absolute Gasteiger partial charge is 0.462 e. The first-order valence-electron chi connectivity index (χ1n) is 5.48. The molecule has 0 fully saturated rings. The topological polar surface area (TPSA) is 117 Å². The highest BCUT2D eigenvalue weighted by atomic mass is 16.5. The highest BCUT2D eigenvalue weighted by molar-refractivity contribution is 5.76. The number of rotatable bonds is 7. The Labute approximate surface area is 96.2 Å². The van der Waals surface area contributed by atoms with Crippen molar-refractivity contribution in [3.63, 3.8) is 0 Å². The van der Waals surface area contributed by atoms with Crippen molar-refractivity contribution < 1.29 is 9.53 Å². The summed E-state index contributed by atoms with van der Waals surface area (Å²) < 4.78 is 5.09. The molecule has 0 heterocycles. The summed E-state index contributed by atoms with van der Waals surface area (Å²) >= 11 is 0. The third-order valence-corrected chi connectivity index (χ3v) is 2.16. The summed E-state index contributed by atoms with van der Waals surface area (Å²) in [4.78, 5) is 15.2. The highest BCUT2D eigenvalue weighted by Gasteiger charge is 2.16. The van der Waals surface area contributed by atoms with Gasteiger partial charge in [-0.15, -0.1) is 0 Å². The monoisotopic (exact) mass is 230 g/mol. The summed E-state index contributed by atoms with van der Waals surface area (Å²) in [6.07, 6.45) is 1.88. The van der Waals surface area contributed by atoms with Gasteiger partial charge in [0.15, 0.2) is 5.96 Å². The third kappa shape index (κ3) is 7.05. The molecule has 1 unspecified atom stereocenters.